The van der Waals surface area contributed by atoms with Gasteiger partial charge in [-0.05, 0) is 18.3 Å². The molecule has 0 aliphatic heterocycles. The lowest BCUT2D eigenvalue weighted by molar-refractivity contribution is 0.0944. The van der Waals surface area contributed by atoms with Crippen molar-refractivity contribution in [2.45, 2.75) is 46.2 Å². The summed E-state index contributed by atoms with van der Waals surface area (Å²) in [6, 6.07) is 1.75. The fourth-order valence-corrected chi connectivity index (χ4v) is 3.04. The molecule has 1 aliphatic carbocycles. The smallest absolute Gasteiger partial charge is 0.270 e. The van der Waals surface area contributed by atoms with Gasteiger partial charge in [0.1, 0.15) is 12.0 Å². The number of aromatic hydroxyl groups is 1. The fourth-order valence-electron chi connectivity index (χ4n) is 3.04. The van der Waals surface area contributed by atoms with Gasteiger partial charge in [-0.15, -0.1) is 0 Å². The number of hydrogen-bond donors (Lipinski definition) is 2. The van der Waals surface area contributed by atoms with Gasteiger partial charge < -0.3 is 10.4 Å². The summed E-state index contributed by atoms with van der Waals surface area (Å²) in [5.41, 5.74) is 0.490. The van der Waals surface area contributed by atoms with Gasteiger partial charge in [0.2, 0.25) is 5.88 Å². The highest BCUT2D eigenvalue weighted by molar-refractivity contribution is 5.96. The Morgan fingerprint density at radius 2 is 1.96 bits per heavy atom. The molecule has 1 saturated carbocycles. The predicted octanol–water partition coefficient (Wildman–Crippen LogP) is 1.60. The highest BCUT2D eigenvalue weighted by atomic mass is 16.3. The molecule has 3 heterocycles. The number of carbonyl (C=O) groups is 1. The van der Waals surface area contributed by atoms with Crippen molar-refractivity contribution in [2.75, 3.05) is 0 Å². The number of carbonyl (C=O) groups excluding carboxylic acids is 1. The van der Waals surface area contributed by atoms with Crippen molar-refractivity contribution in [1.82, 2.24) is 29.5 Å². The summed E-state index contributed by atoms with van der Waals surface area (Å²) in [6.45, 7) is 6.34. The summed E-state index contributed by atoms with van der Waals surface area (Å²) in [5.74, 6) is -1.04. The van der Waals surface area contributed by atoms with Crippen LogP contribution in [-0.4, -0.2) is 41.2 Å². The zero-order valence-corrected chi connectivity index (χ0v) is 16.0. The molecule has 0 bridgehead atoms. The molecule has 9 heteroatoms. The van der Waals surface area contributed by atoms with E-state index in [2.05, 4.69) is 20.4 Å². The SMILES string of the molecule is CC(C)(C)Cn1c(=O)c(C(=O)NC2CC2)c(O)n2nc(-c3cncnc3)cc12. The van der Waals surface area contributed by atoms with Crippen LogP contribution in [0.25, 0.3) is 16.9 Å². The molecule has 0 radical (unpaired) electrons. The van der Waals surface area contributed by atoms with Crippen molar-refractivity contribution >= 4 is 11.6 Å². The summed E-state index contributed by atoms with van der Waals surface area (Å²) in [6.07, 6.45) is 6.36. The zero-order chi connectivity index (χ0) is 20.1. The molecule has 1 amide bonds. The normalized spacial score (nSPS) is 14.4. The van der Waals surface area contributed by atoms with E-state index in [0.717, 1.165) is 12.8 Å². The fraction of sp³-hybridized carbons (Fsp3) is 0.421. The molecule has 0 atom stereocenters. The van der Waals surface area contributed by atoms with Gasteiger partial charge in [0.05, 0.1) is 5.69 Å². The Morgan fingerprint density at radius 1 is 1.29 bits per heavy atom. The summed E-state index contributed by atoms with van der Waals surface area (Å²) >= 11 is 0. The van der Waals surface area contributed by atoms with Crippen molar-refractivity contribution in [3.8, 4) is 17.1 Å². The van der Waals surface area contributed by atoms with E-state index in [4.69, 9.17) is 0 Å². The van der Waals surface area contributed by atoms with Crippen LogP contribution in [0.2, 0.25) is 0 Å². The highest BCUT2D eigenvalue weighted by Gasteiger charge is 2.30. The van der Waals surface area contributed by atoms with Crippen molar-refractivity contribution in [2.24, 2.45) is 5.41 Å². The average Bonchev–Trinajstić information content (AvgIpc) is 3.32. The van der Waals surface area contributed by atoms with Gasteiger partial charge in [0.25, 0.3) is 11.5 Å². The Morgan fingerprint density at radius 3 is 2.57 bits per heavy atom. The second-order valence-electron chi connectivity index (χ2n) is 8.33. The van der Waals surface area contributed by atoms with Crippen LogP contribution >= 0.6 is 0 Å². The van der Waals surface area contributed by atoms with Crippen molar-refractivity contribution in [3.05, 3.63) is 40.7 Å². The van der Waals surface area contributed by atoms with Crippen LogP contribution in [0.15, 0.2) is 29.6 Å². The van der Waals surface area contributed by atoms with E-state index in [0.29, 0.717) is 23.4 Å². The molecule has 0 aromatic carbocycles. The van der Waals surface area contributed by atoms with Gasteiger partial charge in [-0.25, -0.2) is 9.97 Å². The maximum absolute atomic E-state index is 13.1. The van der Waals surface area contributed by atoms with Gasteiger partial charge in [-0.3, -0.25) is 14.2 Å². The van der Waals surface area contributed by atoms with Gasteiger partial charge in [-0.2, -0.15) is 9.61 Å². The van der Waals surface area contributed by atoms with Crippen LogP contribution < -0.4 is 10.9 Å². The van der Waals surface area contributed by atoms with Crippen LogP contribution in [0, 0.1) is 5.41 Å². The van der Waals surface area contributed by atoms with Gasteiger partial charge in [0.15, 0.2) is 5.56 Å². The topological polar surface area (TPSA) is 114 Å². The van der Waals surface area contributed by atoms with Gasteiger partial charge in [-0.1, -0.05) is 20.8 Å². The minimum absolute atomic E-state index is 0.0627. The summed E-state index contributed by atoms with van der Waals surface area (Å²) in [5, 5.41) is 17.9. The van der Waals surface area contributed by atoms with E-state index in [1.165, 1.54) is 15.4 Å². The highest BCUT2D eigenvalue weighted by Crippen LogP contribution is 2.26. The van der Waals surface area contributed by atoms with E-state index >= 15 is 0 Å². The molecule has 4 rings (SSSR count). The molecule has 9 nitrogen and oxygen atoms in total. The zero-order valence-electron chi connectivity index (χ0n) is 16.0. The lowest BCUT2D eigenvalue weighted by Gasteiger charge is -2.21. The first-order chi connectivity index (χ1) is 13.2. The third-order valence-electron chi connectivity index (χ3n) is 4.48. The number of fused-ring (bicyclic) bond motifs is 1. The van der Waals surface area contributed by atoms with E-state index in [9.17, 15) is 14.7 Å². The molecular weight excluding hydrogens is 360 g/mol. The maximum atomic E-state index is 13.1. The Bertz CT molecular complexity index is 1110. The number of rotatable bonds is 4. The molecule has 0 spiro atoms. The maximum Gasteiger partial charge on any atom is 0.270 e. The molecule has 28 heavy (non-hydrogen) atoms. The quantitative estimate of drug-likeness (QED) is 0.708. The minimum atomic E-state index is -0.574. The number of aromatic nitrogens is 5. The van der Waals surface area contributed by atoms with Crippen LogP contribution in [-0.2, 0) is 6.54 Å². The Kier molecular flexibility index (Phi) is 4.17. The molecule has 1 aliphatic rings. The number of hydrogen-bond acceptors (Lipinski definition) is 6. The van der Waals surface area contributed by atoms with Crippen molar-refractivity contribution in [1.29, 1.82) is 0 Å². The van der Waals surface area contributed by atoms with Crippen LogP contribution in [0.4, 0.5) is 0 Å². The van der Waals surface area contributed by atoms with Crippen LogP contribution in [0.1, 0.15) is 44.0 Å². The summed E-state index contributed by atoms with van der Waals surface area (Å²) < 4.78 is 2.72. The first-order valence-electron chi connectivity index (χ1n) is 9.16. The Labute approximate surface area is 161 Å². The lowest BCUT2D eigenvalue weighted by atomic mass is 9.97. The number of amides is 1. The first-order valence-corrected chi connectivity index (χ1v) is 9.16. The molecule has 3 aromatic rings. The van der Waals surface area contributed by atoms with E-state index in [-0.39, 0.29) is 17.0 Å². The standard InChI is InChI=1S/C19H22N6O3/c1-19(2,3)9-24-14-6-13(11-7-20-10-21-8-11)23-25(14)18(28)15(17(24)27)16(26)22-12-4-5-12/h6-8,10,12,28H,4-5,9H2,1-3H3,(H,22,26). The van der Waals surface area contributed by atoms with Gasteiger partial charge >= 0.3 is 0 Å². The molecular formula is C19H22N6O3. The second kappa shape index (κ2) is 6.43. The predicted molar refractivity (Wildman–Crippen MR) is 102 cm³/mol. The van der Waals surface area contributed by atoms with E-state index in [1.807, 2.05) is 20.8 Å². The first kappa shape index (κ1) is 18.1. The van der Waals surface area contributed by atoms with Crippen LogP contribution in [0.3, 0.4) is 0 Å². The van der Waals surface area contributed by atoms with E-state index < -0.39 is 17.3 Å². The third kappa shape index (κ3) is 3.35. The van der Waals surface area contributed by atoms with E-state index in [1.54, 1.807) is 18.5 Å². The minimum Gasteiger partial charge on any atom is -0.492 e. The Hall–Kier alpha value is -3.23. The summed E-state index contributed by atoms with van der Waals surface area (Å²) in [4.78, 5) is 33.7. The summed E-state index contributed by atoms with van der Waals surface area (Å²) in [7, 11) is 0. The molecule has 1 fully saturated rings. The number of nitrogens with zero attached hydrogens (tertiary/aromatic N) is 5. The molecule has 146 valence electrons. The van der Waals surface area contributed by atoms with Crippen molar-refractivity contribution < 1.29 is 9.90 Å². The molecule has 0 unspecified atom stereocenters. The largest absolute Gasteiger partial charge is 0.492 e. The molecule has 0 saturated heterocycles. The average molecular weight is 382 g/mol. The van der Waals surface area contributed by atoms with Gasteiger partial charge in [0, 0.05) is 36.6 Å². The second-order valence-corrected chi connectivity index (χ2v) is 8.33. The molecule has 2 N–H and O–H groups in total. The number of nitrogens with one attached hydrogen (secondary N) is 1. The monoisotopic (exact) mass is 382 g/mol. The Balaban J connectivity index is 1.95. The van der Waals surface area contributed by atoms with Crippen LogP contribution in [0.5, 0.6) is 5.88 Å². The van der Waals surface area contributed by atoms with Crippen molar-refractivity contribution in [3.63, 3.8) is 0 Å². The lowest BCUT2D eigenvalue weighted by Crippen LogP contribution is -2.37. The molecule has 3 aromatic heterocycles. The third-order valence-corrected chi connectivity index (χ3v) is 4.48.